The SMILES string of the molecule is Cc1ccc(C)c(OCC(C)NN)c1C. The Morgan fingerprint density at radius 3 is 2.47 bits per heavy atom. The summed E-state index contributed by atoms with van der Waals surface area (Å²) in [6.45, 7) is 8.80. The van der Waals surface area contributed by atoms with Gasteiger partial charge in [-0.3, -0.25) is 11.3 Å². The molecule has 0 amide bonds. The Labute approximate surface area is 91.6 Å². The number of benzene rings is 1. The van der Waals surface area contributed by atoms with Gasteiger partial charge in [0.05, 0.1) is 6.04 Å². The first-order chi connectivity index (χ1) is 7.06. The highest BCUT2D eigenvalue weighted by atomic mass is 16.5. The van der Waals surface area contributed by atoms with Crippen molar-refractivity contribution in [2.45, 2.75) is 33.7 Å². The Balaban J connectivity index is 2.80. The quantitative estimate of drug-likeness (QED) is 0.586. The molecule has 0 aliphatic rings. The van der Waals surface area contributed by atoms with Crippen LogP contribution in [0, 0.1) is 20.8 Å². The normalized spacial score (nSPS) is 12.6. The van der Waals surface area contributed by atoms with Crippen LogP contribution in [0.2, 0.25) is 0 Å². The number of hydrogen-bond acceptors (Lipinski definition) is 3. The lowest BCUT2D eigenvalue weighted by Gasteiger charge is -2.16. The number of aryl methyl sites for hydroxylation is 2. The van der Waals surface area contributed by atoms with Gasteiger partial charge >= 0.3 is 0 Å². The van der Waals surface area contributed by atoms with Crippen molar-refractivity contribution in [1.29, 1.82) is 0 Å². The van der Waals surface area contributed by atoms with E-state index in [2.05, 4.69) is 38.3 Å². The van der Waals surface area contributed by atoms with E-state index in [1.165, 1.54) is 16.7 Å². The van der Waals surface area contributed by atoms with Crippen molar-refractivity contribution < 1.29 is 4.74 Å². The standard InChI is InChI=1S/C12H20N2O/c1-8-5-6-9(2)12(11(8)4)15-7-10(3)14-13/h5-6,10,14H,7,13H2,1-4H3. The van der Waals surface area contributed by atoms with E-state index in [0.717, 1.165) is 5.75 Å². The zero-order valence-corrected chi connectivity index (χ0v) is 9.92. The van der Waals surface area contributed by atoms with Gasteiger partial charge in [-0.25, -0.2) is 0 Å². The van der Waals surface area contributed by atoms with Crippen molar-refractivity contribution in [3.8, 4) is 5.75 Å². The first kappa shape index (κ1) is 12.0. The summed E-state index contributed by atoms with van der Waals surface area (Å²) in [4.78, 5) is 0. The maximum Gasteiger partial charge on any atom is 0.125 e. The molecule has 0 spiro atoms. The van der Waals surface area contributed by atoms with E-state index >= 15 is 0 Å². The lowest BCUT2D eigenvalue weighted by Crippen LogP contribution is -2.37. The van der Waals surface area contributed by atoms with Crippen molar-refractivity contribution in [2.75, 3.05) is 6.61 Å². The third-order valence-corrected chi connectivity index (χ3v) is 2.64. The Morgan fingerprint density at radius 2 is 1.87 bits per heavy atom. The fourth-order valence-corrected chi connectivity index (χ4v) is 1.40. The molecule has 84 valence electrons. The van der Waals surface area contributed by atoms with Gasteiger partial charge in [0.2, 0.25) is 0 Å². The molecule has 15 heavy (non-hydrogen) atoms. The van der Waals surface area contributed by atoms with Crippen molar-refractivity contribution in [1.82, 2.24) is 5.43 Å². The molecule has 0 aliphatic carbocycles. The largest absolute Gasteiger partial charge is 0.491 e. The summed E-state index contributed by atoms with van der Waals surface area (Å²) >= 11 is 0. The number of hydrogen-bond donors (Lipinski definition) is 2. The van der Waals surface area contributed by atoms with Gasteiger partial charge in [-0.1, -0.05) is 12.1 Å². The second kappa shape index (κ2) is 5.14. The van der Waals surface area contributed by atoms with E-state index in [-0.39, 0.29) is 6.04 Å². The van der Waals surface area contributed by atoms with Crippen molar-refractivity contribution in [2.24, 2.45) is 5.84 Å². The second-order valence-electron chi connectivity index (χ2n) is 4.03. The highest BCUT2D eigenvalue weighted by Crippen LogP contribution is 2.25. The molecule has 0 fully saturated rings. The lowest BCUT2D eigenvalue weighted by atomic mass is 10.1. The third-order valence-electron chi connectivity index (χ3n) is 2.64. The van der Waals surface area contributed by atoms with E-state index in [1.807, 2.05) is 6.92 Å². The Morgan fingerprint density at radius 1 is 1.27 bits per heavy atom. The first-order valence-corrected chi connectivity index (χ1v) is 5.22. The van der Waals surface area contributed by atoms with E-state index in [1.54, 1.807) is 0 Å². The van der Waals surface area contributed by atoms with Crippen molar-refractivity contribution >= 4 is 0 Å². The average Bonchev–Trinajstić information content (AvgIpc) is 2.23. The van der Waals surface area contributed by atoms with E-state index in [4.69, 9.17) is 10.6 Å². The molecule has 0 aromatic heterocycles. The zero-order valence-electron chi connectivity index (χ0n) is 9.92. The topological polar surface area (TPSA) is 47.3 Å². The summed E-state index contributed by atoms with van der Waals surface area (Å²) in [6, 6.07) is 4.35. The molecule has 3 heteroatoms. The van der Waals surface area contributed by atoms with Gasteiger partial charge in [0.1, 0.15) is 12.4 Å². The molecule has 0 heterocycles. The van der Waals surface area contributed by atoms with Gasteiger partial charge in [-0.15, -0.1) is 0 Å². The minimum Gasteiger partial charge on any atom is -0.491 e. The van der Waals surface area contributed by atoms with Gasteiger partial charge in [0.25, 0.3) is 0 Å². The molecular formula is C12H20N2O. The van der Waals surface area contributed by atoms with Gasteiger partial charge in [0, 0.05) is 0 Å². The molecule has 0 saturated carbocycles. The minimum absolute atomic E-state index is 0.157. The second-order valence-corrected chi connectivity index (χ2v) is 4.03. The van der Waals surface area contributed by atoms with Crippen LogP contribution in [0.4, 0.5) is 0 Å². The van der Waals surface area contributed by atoms with Crippen LogP contribution < -0.4 is 16.0 Å². The van der Waals surface area contributed by atoms with Gasteiger partial charge in [-0.05, 0) is 44.4 Å². The number of rotatable bonds is 4. The number of nitrogens with two attached hydrogens (primary N) is 1. The van der Waals surface area contributed by atoms with E-state index in [0.29, 0.717) is 6.61 Å². The summed E-state index contributed by atoms with van der Waals surface area (Å²) in [5.41, 5.74) is 6.29. The van der Waals surface area contributed by atoms with E-state index < -0.39 is 0 Å². The summed E-state index contributed by atoms with van der Waals surface area (Å²) in [5.74, 6) is 6.30. The van der Waals surface area contributed by atoms with Gasteiger partial charge in [-0.2, -0.15) is 0 Å². The summed E-state index contributed by atoms with van der Waals surface area (Å²) in [5, 5.41) is 0. The molecule has 0 saturated heterocycles. The Bertz CT molecular complexity index is 337. The molecule has 1 rings (SSSR count). The van der Waals surface area contributed by atoms with Crippen LogP contribution in [-0.4, -0.2) is 12.6 Å². The number of hydrazine groups is 1. The van der Waals surface area contributed by atoms with E-state index in [9.17, 15) is 0 Å². The highest BCUT2D eigenvalue weighted by molar-refractivity contribution is 5.44. The molecule has 3 nitrogen and oxygen atoms in total. The van der Waals surface area contributed by atoms with Crippen LogP contribution in [-0.2, 0) is 0 Å². The zero-order chi connectivity index (χ0) is 11.4. The molecule has 1 aromatic carbocycles. The van der Waals surface area contributed by atoms with Crippen LogP contribution in [0.5, 0.6) is 5.75 Å². The van der Waals surface area contributed by atoms with Crippen molar-refractivity contribution in [3.05, 3.63) is 28.8 Å². The fraction of sp³-hybridized carbons (Fsp3) is 0.500. The summed E-state index contributed by atoms with van der Waals surface area (Å²) in [6.07, 6.45) is 0. The molecule has 0 bridgehead atoms. The van der Waals surface area contributed by atoms with Crippen LogP contribution in [0.25, 0.3) is 0 Å². The van der Waals surface area contributed by atoms with Gasteiger partial charge in [0.15, 0.2) is 0 Å². The molecule has 1 aromatic rings. The monoisotopic (exact) mass is 208 g/mol. The average molecular weight is 208 g/mol. The number of nitrogens with one attached hydrogen (secondary N) is 1. The Kier molecular flexibility index (Phi) is 4.12. The third kappa shape index (κ3) is 2.94. The van der Waals surface area contributed by atoms with Crippen LogP contribution in [0.15, 0.2) is 12.1 Å². The molecule has 3 N–H and O–H groups in total. The maximum absolute atomic E-state index is 5.76. The fourth-order valence-electron chi connectivity index (χ4n) is 1.40. The summed E-state index contributed by atoms with van der Waals surface area (Å²) in [7, 11) is 0. The predicted octanol–water partition coefficient (Wildman–Crippen LogP) is 1.84. The first-order valence-electron chi connectivity index (χ1n) is 5.22. The van der Waals surface area contributed by atoms with Gasteiger partial charge < -0.3 is 4.74 Å². The highest BCUT2D eigenvalue weighted by Gasteiger charge is 2.07. The molecular weight excluding hydrogens is 188 g/mol. The maximum atomic E-state index is 5.76. The molecule has 0 radical (unpaired) electrons. The summed E-state index contributed by atoms with van der Waals surface area (Å²) < 4.78 is 5.76. The minimum atomic E-state index is 0.157. The Hall–Kier alpha value is -1.06. The smallest absolute Gasteiger partial charge is 0.125 e. The molecule has 0 aliphatic heterocycles. The predicted molar refractivity (Wildman–Crippen MR) is 62.9 cm³/mol. The van der Waals surface area contributed by atoms with Crippen molar-refractivity contribution in [3.63, 3.8) is 0 Å². The lowest BCUT2D eigenvalue weighted by molar-refractivity contribution is 0.271. The molecule has 1 unspecified atom stereocenters. The number of ether oxygens (including phenoxy) is 1. The van der Waals surface area contributed by atoms with Crippen LogP contribution >= 0.6 is 0 Å². The molecule has 1 atom stereocenters. The van der Waals surface area contributed by atoms with Crippen LogP contribution in [0.3, 0.4) is 0 Å². The van der Waals surface area contributed by atoms with Crippen LogP contribution in [0.1, 0.15) is 23.6 Å².